The molecule has 1 heterocycles. The highest BCUT2D eigenvalue weighted by Crippen LogP contribution is 1.78. The standard InChI is InChI=1S/C8H19N3.BrH/c1-3-9-4-2-6-11-8-7-10-5-1;/h9-11H,1-8H2;1H. The fraction of sp³-hybridized carbons (Fsp3) is 1.00. The second-order valence-corrected chi connectivity index (χ2v) is 2.96. The van der Waals surface area contributed by atoms with E-state index in [1.54, 1.807) is 0 Å². The lowest BCUT2D eigenvalue weighted by Gasteiger charge is -2.02. The van der Waals surface area contributed by atoms with Gasteiger partial charge in [-0.1, -0.05) is 0 Å². The summed E-state index contributed by atoms with van der Waals surface area (Å²) >= 11 is 0. The lowest BCUT2D eigenvalue weighted by Crippen LogP contribution is -2.28. The average Bonchev–Trinajstić information content (AvgIpc) is 2.08. The van der Waals surface area contributed by atoms with Gasteiger partial charge in [-0.3, -0.25) is 0 Å². The normalized spacial score (nSPS) is 22.0. The van der Waals surface area contributed by atoms with E-state index in [9.17, 15) is 0 Å². The highest BCUT2D eigenvalue weighted by Gasteiger charge is 1.92. The molecule has 1 aliphatic heterocycles. The second-order valence-electron chi connectivity index (χ2n) is 2.96. The molecule has 0 saturated carbocycles. The minimum absolute atomic E-state index is 0. The first-order valence-corrected chi connectivity index (χ1v) is 4.62. The SMILES string of the molecule is Br.C1CNCCCNCCNC1. The van der Waals surface area contributed by atoms with E-state index in [-0.39, 0.29) is 17.0 Å². The quantitative estimate of drug-likeness (QED) is 0.561. The van der Waals surface area contributed by atoms with Gasteiger partial charge in [0.15, 0.2) is 0 Å². The Balaban J connectivity index is 0.00000121. The van der Waals surface area contributed by atoms with Crippen molar-refractivity contribution in [1.82, 2.24) is 16.0 Å². The van der Waals surface area contributed by atoms with Gasteiger partial charge in [-0.25, -0.2) is 0 Å². The van der Waals surface area contributed by atoms with E-state index in [1.165, 1.54) is 12.8 Å². The zero-order chi connectivity index (χ0) is 7.78. The Morgan fingerprint density at radius 1 is 0.500 bits per heavy atom. The third-order valence-electron chi connectivity index (χ3n) is 1.89. The summed E-state index contributed by atoms with van der Waals surface area (Å²) in [5.74, 6) is 0. The van der Waals surface area contributed by atoms with Crippen molar-refractivity contribution in [1.29, 1.82) is 0 Å². The maximum Gasteiger partial charge on any atom is 0.00767 e. The van der Waals surface area contributed by atoms with Gasteiger partial charge in [0.25, 0.3) is 0 Å². The van der Waals surface area contributed by atoms with Gasteiger partial charge in [0.2, 0.25) is 0 Å². The predicted octanol–water partition coefficient (Wildman–Crippen LogP) is 0.127. The van der Waals surface area contributed by atoms with Gasteiger partial charge in [0.1, 0.15) is 0 Å². The molecule has 1 aliphatic rings. The van der Waals surface area contributed by atoms with Crippen LogP contribution in [0, 0.1) is 0 Å². The summed E-state index contributed by atoms with van der Waals surface area (Å²) in [4.78, 5) is 0. The largest absolute Gasteiger partial charge is 0.317 e. The Labute approximate surface area is 85.5 Å². The van der Waals surface area contributed by atoms with E-state index in [1.807, 2.05) is 0 Å². The molecule has 1 rings (SSSR count). The van der Waals surface area contributed by atoms with Crippen LogP contribution < -0.4 is 16.0 Å². The molecule has 1 saturated heterocycles. The number of hydrogen-bond acceptors (Lipinski definition) is 3. The van der Waals surface area contributed by atoms with Crippen LogP contribution in [0.5, 0.6) is 0 Å². The van der Waals surface area contributed by atoms with E-state index < -0.39 is 0 Å². The average molecular weight is 238 g/mol. The van der Waals surface area contributed by atoms with Gasteiger partial charge in [0, 0.05) is 13.1 Å². The highest BCUT2D eigenvalue weighted by atomic mass is 79.9. The molecule has 4 heteroatoms. The van der Waals surface area contributed by atoms with Crippen molar-refractivity contribution >= 4 is 17.0 Å². The van der Waals surface area contributed by atoms with Gasteiger partial charge in [-0.05, 0) is 39.0 Å². The summed E-state index contributed by atoms with van der Waals surface area (Å²) in [6, 6.07) is 0. The van der Waals surface area contributed by atoms with Crippen LogP contribution in [0.3, 0.4) is 0 Å². The van der Waals surface area contributed by atoms with Gasteiger partial charge in [-0.2, -0.15) is 0 Å². The van der Waals surface area contributed by atoms with Crippen molar-refractivity contribution in [2.45, 2.75) is 12.8 Å². The summed E-state index contributed by atoms with van der Waals surface area (Å²) in [6.45, 7) is 6.84. The molecule has 0 aromatic rings. The Morgan fingerprint density at radius 2 is 0.833 bits per heavy atom. The molecule has 3 N–H and O–H groups in total. The molecule has 12 heavy (non-hydrogen) atoms. The molecule has 0 unspecified atom stereocenters. The van der Waals surface area contributed by atoms with Crippen LogP contribution in [0.4, 0.5) is 0 Å². The molecule has 0 atom stereocenters. The molecule has 74 valence electrons. The van der Waals surface area contributed by atoms with Crippen LogP contribution in [0.1, 0.15) is 12.8 Å². The van der Waals surface area contributed by atoms with Crippen LogP contribution in [0.25, 0.3) is 0 Å². The van der Waals surface area contributed by atoms with Gasteiger partial charge in [-0.15, -0.1) is 17.0 Å². The number of rotatable bonds is 0. The van der Waals surface area contributed by atoms with E-state index in [0.717, 1.165) is 39.3 Å². The van der Waals surface area contributed by atoms with Crippen molar-refractivity contribution in [2.75, 3.05) is 39.3 Å². The van der Waals surface area contributed by atoms with Crippen LogP contribution in [0.15, 0.2) is 0 Å². The Morgan fingerprint density at radius 3 is 1.25 bits per heavy atom. The number of halogens is 1. The van der Waals surface area contributed by atoms with E-state index in [2.05, 4.69) is 16.0 Å². The molecule has 1 fully saturated rings. The minimum atomic E-state index is 0. The van der Waals surface area contributed by atoms with Gasteiger partial charge >= 0.3 is 0 Å². The summed E-state index contributed by atoms with van der Waals surface area (Å²) in [6.07, 6.45) is 2.50. The van der Waals surface area contributed by atoms with Crippen molar-refractivity contribution in [3.63, 3.8) is 0 Å². The van der Waals surface area contributed by atoms with Crippen molar-refractivity contribution in [2.24, 2.45) is 0 Å². The first-order chi connectivity index (χ1) is 5.50. The smallest absolute Gasteiger partial charge is 0.00767 e. The van der Waals surface area contributed by atoms with Crippen molar-refractivity contribution in [3.8, 4) is 0 Å². The monoisotopic (exact) mass is 237 g/mol. The van der Waals surface area contributed by atoms with E-state index >= 15 is 0 Å². The molecule has 3 nitrogen and oxygen atoms in total. The molecular formula is C8H20BrN3. The van der Waals surface area contributed by atoms with Crippen LogP contribution >= 0.6 is 17.0 Å². The lowest BCUT2D eigenvalue weighted by molar-refractivity contribution is 0.608. The fourth-order valence-electron chi connectivity index (χ4n) is 1.23. The van der Waals surface area contributed by atoms with Crippen LogP contribution in [0.2, 0.25) is 0 Å². The van der Waals surface area contributed by atoms with Gasteiger partial charge in [0.05, 0.1) is 0 Å². The van der Waals surface area contributed by atoms with E-state index in [0.29, 0.717) is 0 Å². The third-order valence-corrected chi connectivity index (χ3v) is 1.89. The summed E-state index contributed by atoms with van der Waals surface area (Å²) < 4.78 is 0. The van der Waals surface area contributed by atoms with Crippen LogP contribution in [-0.4, -0.2) is 39.3 Å². The Kier molecular flexibility index (Phi) is 9.73. The Bertz CT molecular complexity index is 52.3. The van der Waals surface area contributed by atoms with Crippen molar-refractivity contribution in [3.05, 3.63) is 0 Å². The molecular weight excluding hydrogens is 218 g/mol. The molecule has 0 aromatic heterocycles. The molecule has 0 aliphatic carbocycles. The molecule has 0 radical (unpaired) electrons. The zero-order valence-electron chi connectivity index (χ0n) is 7.57. The van der Waals surface area contributed by atoms with E-state index in [4.69, 9.17) is 0 Å². The molecule has 0 aromatic carbocycles. The third kappa shape index (κ3) is 7.03. The Hall–Kier alpha value is 0.360. The number of nitrogens with one attached hydrogen (secondary N) is 3. The lowest BCUT2D eigenvalue weighted by atomic mass is 10.4. The topological polar surface area (TPSA) is 36.1 Å². The second kappa shape index (κ2) is 9.45. The summed E-state index contributed by atoms with van der Waals surface area (Å²) in [5.41, 5.74) is 0. The minimum Gasteiger partial charge on any atom is -0.317 e. The first-order valence-electron chi connectivity index (χ1n) is 4.62. The maximum atomic E-state index is 3.40. The molecule has 0 spiro atoms. The van der Waals surface area contributed by atoms with Crippen molar-refractivity contribution < 1.29 is 0 Å². The zero-order valence-corrected chi connectivity index (χ0v) is 9.28. The summed E-state index contributed by atoms with van der Waals surface area (Å²) in [5, 5.41) is 10.2. The predicted molar refractivity (Wildman–Crippen MR) is 58.2 cm³/mol. The summed E-state index contributed by atoms with van der Waals surface area (Å²) in [7, 11) is 0. The van der Waals surface area contributed by atoms with Crippen LogP contribution in [-0.2, 0) is 0 Å². The first kappa shape index (κ1) is 12.4. The van der Waals surface area contributed by atoms with Gasteiger partial charge < -0.3 is 16.0 Å². The fourth-order valence-corrected chi connectivity index (χ4v) is 1.23. The maximum absolute atomic E-state index is 3.40. The highest BCUT2D eigenvalue weighted by molar-refractivity contribution is 8.93. The molecule has 0 amide bonds. The number of hydrogen-bond donors (Lipinski definition) is 3. The molecule has 0 bridgehead atoms.